The molecule has 102 valence electrons. The fourth-order valence-electron chi connectivity index (χ4n) is 1.38. The lowest BCUT2D eigenvalue weighted by molar-refractivity contribution is -0.384. The third-order valence-electron chi connectivity index (χ3n) is 2.25. The Hall–Kier alpha value is -2.61. The zero-order valence-corrected chi connectivity index (χ0v) is 11.3. The summed E-state index contributed by atoms with van der Waals surface area (Å²) in [5.74, 6) is -0.202. The first-order chi connectivity index (χ1) is 9.54. The van der Waals surface area contributed by atoms with Crippen molar-refractivity contribution >= 4 is 40.2 Å². The Labute approximate surface area is 118 Å². The summed E-state index contributed by atoms with van der Waals surface area (Å²) in [6, 6.07) is 6.15. The van der Waals surface area contributed by atoms with Crippen LogP contribution in [0.4, 0.5) is 10.8 Å². The third kappa shape index (κ3) is 3.69. The molecule has 0 radical (unpaired) electrons. The molecule has 0 fully saturated rings. The zero-order chi connectivity index (χ0) is 14.5. The molecule has 1 amide bonds. The van der Waals surface area contributed by atoms with Crippen LogP contribution in [0.2, 0.25) is 0 Å². The summed E-state index contributed by atoms with van der Waals surface area (Å²) in [5.41, 5.74) is 0.859. The maximum atomic E-state index is 10.8. The minimum Gasteiger partial charge on any atom is -0.301 e. The molecule has 0 aliphatic heterocycles. The van der Waals surface area contributed by atoms with Crippen LogP contribution in [0.5, 0.6) is 0 Å². The molecule has 8 heteroatoms. The number of nitro groups is 1. The van der Waals surface area contributed by atoms with Gasteiger partial charge in [-0.15, -0.1) is 10.2 Å². The number of anilines is 1. The maximum Gasteiger partial charge on any atom is 0.269 e. The van der Waals surface area contributed by atoms with Crippen LogP contribution >= 0.6 is 11.3 Å². The molecule has 0 aliphatic carbocycles. The van der Waals surface area contributed by atoms with Crippen LogP contribution in [0.15, 0.2) is 24.3 Å². The van der Waals surface area contributed by atoms with E-state index in [1.807, 2.05) is 0 Å². The standard InChI is InChI=1S/C12H10N4O3S/c1-8(17)13-12-15-14-11(20-12)7-4-9-2-5-10(6-3-9)16(18)19/h2-7H,1H3,(H,13,15,17)/b7-4+. The molecule has 7 nitrogen and oxygen atoms in total. The Balaban J connectivity index is 2.07. The summed E-state index contributed by atoms with van der Waals surface area (Å²) in [6.45, 7) is 1.40. The lowest BCUT2D eigenvalue weighted by Crippen LogP contribution is -2.04. The van der Waals surface area contributed by atoms with Gasteiger partial charge in [-0.25, -0.2) is 0 Å². The van der Waals surface area contributed by atoms with E-state index in [9.17, 15) is 14.9 Å². The Kier molecular flexibility index (Phi) is 4.16. The lowest BCUT2D eigenvalue weighted by atomic mass is 10.2. The average molecular weight is 290 g/mol. The van der Waals surface area contributed by atoms with E-state index in [1.54, 1.807) is 24.3 Å². The number of carbonyl (C=O) groups is 1. The number of benzene rings is 1. The molecule has 0 aliphatic rings. The molecule has 1 aromatic carbocycles. The quantitative estimate of drug-likeness (QED) is 0.689. The minimum atomic E-state index is -0.446. The van der Waals surface area contributed by atoms with Crippen molar-refractivity contribution < 1.29 is 9.72 Å². The smallest absolute Gasteiger partial charge is 0.269 e. The van der Waals surface area contributed by atoms with E-state index in [0.29, 0.717) is 10.1 Å². The van der Waals surface area contributed by atoms with Crippen molar-refractivity contribution in [2.45, 2.75) is 6.92 Å². The fourth-order valence-corrected chi connectivity index (χ4v) is 2.07. The molecule has 0 atom stereocenters. The Bertz CT molecular complexity index is 664. The number of nitro benzene ring substituents is 1. The SMILES string of the molecule is CC(=O)Nc1nnc(/C=C/c2ccc([N+](=O)[O-])cc2)s1. The minimum absolute atomic E-state index is 0.0472. The van der Waals surface area contributed by atoms with Gasteiger partial charge >= 0.3 is 0 Å². The molecule has 0 bridgehead atoms. The van der Waals surface area contributed by atoms with Gasteiger partial charge in [0.1, 0.15) is 5.01 Å². The van der Waals surface area contributed by atoms with Crippen molar-refractivity contribution in [3.05, 3.63) is 45.0 Å². The number of hydrogen-bond donors (Lipinski definition) is 1. The highest BCUT2D eigenvalue weighted by Gasteiger charge is 2.04. The van der Waals surface area contributed by atoms with E-state index in [2.05, 4.69) is 15.5 Å². The first kappa shape index (κ1) is 13.8. The fraction of sp³-hybridized carbons (Fsp3) is 0.0833. The monoisotopic (exact) mass is 290 g/mol. The lowest BCUT2D eigenvalue weighted by Gasteiger charge is -1.92. The molecule has 1 N–H and O–H groups in total. The Morgan fingerprint density at radius 3 is 2.60 bits per heavy atom. The van der Waals surface area contributed by atoms with Gasteiger partial charge in [-0.1, -0.05) is 17.4 Å². The number of non-ortho nitro benzene ring substituents is 1. The number of nitrogens with one attached hydrogen (secondary N) is 1. The van der Waals surface area contributed by atoms with Crippen molar-refractivity contribution in [1.82, 2.24) is 10.2 Å². The zero-order valence-electron chi connectivity index (χ0n) is 10.4. The highest BCUT2D eigenvalue weighted by Crippen LogP contribution is 2.18. The van der Waals surface area contributed by atoms with Crippen LogP contribution < -0.4 is 5.32 Å². The van der Waals surface area contributed by atoms with E-state index in [-0.39, 0.29) is 11.6 Å². The number of nitrogens with zero attached hydrogens (tertiary/aromatic N) is 3. The van der Waals surface area contributed by atoms with Crippen molar-refractivity contribution in [3.63, 3.8) is 0 Å². The van der Waals surface area contributed by atoms with Gasteiger partial charge in [0.05, 0.1) is 4.92 Å². The summed E-state index contributed by atoms with van der Waals surface area (Å²) in [6.07, 6.45) is 3.49. The third-order valence-corrected chi connectivity index (χ3v) is 3.05. The number of hydrogen-bond acceptors (Lipinski definition) is 6. The summed E-state index contributed by atoms with van der Waals surface area (Å²) in [5, 5.41) is 21.8. The highest BCUT2D eigenvalue weighted by atomic mass is 32.1. The number of amides is 1. The topological polar surface area (TPSA) is 98.0 Å². The van der Waals surface area contributed by atoms with Gasteiger partial charge < -0.3 is 5.32 Å². The first-order valence-electron chi connectivity index (χ1n) is 5.58. The number of carbonyl (C=O) groups excluding carboxylic acids is 1. The molecule has 0 saturated carbocycles. The van der Waals surface area contributed by atoms with E-state index in [1.165, 1.54) is 30.4 Å². The van der Waals surface area contributed by atoms with Crippen molar-refractivity contribution in [1.29, 1.82) is 0 Å². The second-order valence-electron chi connectivity index (χ2n) is 3.81. The molecular weight excluding hydrogens is 280 g/mol. The summed E-state index contributed by atoms with van der Waals surface area (Å²) < 4.78 is 0. The molecule has 2 rings (SSSR count). The Morgan fingerprint density at radius 1 is 1.30 bits per heavy atom. The van der Waals surface area contributed by atoms with Crippen LogP contribution in [0.3, 0.4) is 0 Å². The molecule has 1 heterocycles. The summed E-state index contributed by atoms with van der Waals surface area (Å²) in [7, 11) is 0. The first-order valence-corrected chi connectivity index (χ1v) is 6.40. The second kappa shape index (κ2) is 6.02. The number of aromatic nitrogens is 2. The van der Waals surface area contributed by atoms with Gasteiger partial charge in [0.2, 0.25) is 11.0 Å². The van der Waals surface area contributed by atoms with E-state index in [4.69, 9.17) is 0 Å². The van der Waals surface area contributed by atoms with Crippen molar-refractivity contribution in [2.75, 3.05) is 5.32 Å². The molecule has 2 aromatic rings. The number of rotatable bonds is 4. The van der Waals surface area contributed by atoms with Gasteiger partial charge in [-0.05, 0) is 23.8 Å². The van der Waals surface area contributed by atoms with Crippen LogP contribution in [0.1, 0.15) is 17.5 Å². The van der Waals surface area contributed by atoms with Crippen LogP contribution in [0.25, 0.3) is 12.2 Å². The summed E-state index contributed by atoms with van der Waals surface area (Å²) in [4.78, 5) is 20.9. The highest BCUT2D eigenvalue weighted by molar-refractivity contribution is 7.16. The molecule has 20 heavy (non-hydrogen) atoms. The average Bonchev–Trinajstić information content (AvgIpc) is 2.83. The Morgan fingerprint density at radius 2 is 2.00 bits per heavy atom. The van der Waals surface area contributed by atoms with Gasteiger partial charge in [0.15, 0.2) is 0 Å². The van der Waals surface area contributed by atoms with E-state index in [0.717, 1.165) is 5.56 Å². The second-order valence-corrected chi connectivity index (χ2v) is 4.82. The van der Waals surface area contributed by atoms with E-state index < -0.39 is 4.92 Å². The van der Waals surface area contributed by atoms with Crippen molar-refractivity contribution in [2.24, 2.45) is 0 Å². The molecule has 0 unspecified atom stereocenters. The van der Waals surface area contributed by atoms with Crippen LogP contribution in [-0.2, 0) is 4.79 Å². The van der Waals surface area contributed by atoms with E-state index >= 15 is 0 Å². The van der Waals surface area contributed by atoms with Crippen molar-refractivity contribution in [3.8, 4) is 0 Å². The van der Waals surface area contributed by atoms with Gasteiger partial charge in [-0.2, -0.15) is 0 Å². The maximum absolute atomic E-state index is 10.8. The van der Waals surface area contributed by atoms with Crippen LogP contribution in [0, 0.1) is 10.1 Å². The van der Waals surface area contributed by atoms with Gasteiger partial charge in [0.25, 0.3) is 5.69 Å². The predicted octanol–water partition coefficient (Wildman–Crippen LogP) is 2.58. The van der Waals surface area contributed by atoms with Crippen LogP contribution in [-0.4, -0.2) is 21.0 Å². The molecule has 0 spiro atoms. The molecule has 0 saturated heterocycles. The predicted molar refractivity (Wildman–Crippen MR) is 76.2 cm³/mol. The van der Waals surface area contributed by atoms with Gasteiger partial charge in [0, 0.05) is 19.1 Å². The summed E-state index contributed by atoms with van der Waals surface area (Å²) >= 11 is 1.24. The molecular formula is C12H10N4O3S. The largest absolute Gasteiger partial charge is 0.301 e. The van der Waals surface area contributed by atoms with Gasteiger partial charge in [-0.3, -0.25) is 14.9 Å². The normalized spacial score (nSPS) is 10.7. The molecule has 1 aromatic heterocycles.